The predicted octanol–water partition coefficient (Wildman–Crippen LogP) is 1.49. The molecule has 26 heavy (non-hydrogen) atoms. The van der Waals surface area contributed by atoms with E-state index in [1.165, 1.54) is 23.1 Å². The average molecular weight is 416 g/mol. The summed E-state index contributed by atoms with van der Waals surface area (Å²) in [4.78, 5) is 31.3. The van der Waals surface area contributed by atoms with Crippen molar-refractivity contribution in [3.63, 3.8) is 0 Å². The summed E-state index contributed by atoms with van der Waals surface area (Å²) in [5.41, 5.74) is 0.880. The van der Waals surface area contributed by atoms with Crippen LogP contribution in [0.1, 0.15) is 23.8 Å². The van der Waals surface area contributed by atoms with Crippen LogP contribution in [0.4, 0.5) is 0 Å². The van der Waals surface area contributed by atoms with Crippen molar-refractivity contribution in [3.8, 4) is 0 Å². The Morgan fingerprint density at radius 2 is 2.15 bits per heavy atom. The highest BCUT2D eigenvalue weighted by atomic mass is 32.2. The Labute approximate surface area is 160 Å². The standard InChI is InChI=1S/C16H21N3O4S3/c1-4-19-15(21)13-9(2)10(3)25-14(13)18-16(19)24-7-12(20)17-11-5-6-26(22,23)8-11/h11H,4-8H2,1-3H3,(H,17,20)/t11-/m0/s1. The van der Waals surface area contributed by atoms with E-state index in [0.717, 1.165) is 10.4 Å². The van der Waals surface area contributed by atoms with Crippen LogP contribution < -0.4 is 10.9 Å². The molecule has 7 nitrogen and oxygen atoms in total. The van der Waals surface area contributed by atoms with Gasteiger partial charge in [-0.25, -0.2) is 13.4 Å². The van der Waals surface area contributed by atoms with Crippen molar-refractivity contribution in [1.82, 2.24) is 14.9 Å². The van der Waals surface area contributed by atoms with Crippen LogP contribution in [-0.2, 0) is 21.2 Å². The molecule has 1 aliphatic heterocycles. The third kappa shape index (κ3) is 3.81. The van der Waals surface area contributed by atoms with Crippen LogP contribution in [0.25, 0.3) is 10.2 Å². The second-order valence-electron chi connectivity index (χ2n) is 6.36. The molecule has 0 spiro atoms. The molecule has 0 aromatic carbocycles. The lowest BCUT2D eigenvalue weighted by Crippen LogP contribution is -2.36. The first-order chi connectivity index (χ1) is 12.2. The van der Waals surface area contributed by atoms with Crippen molar-refractivity contribution < 1.29 is 13.2 Å². The van der Waals surface area contributed by atoms with Gasteiger partial charge < -0.3 is 5.32 Å². The van der Waals surface area contributed by atoms with E-state index in [1.807, 2.05) is 20.8 Å². The molecular weight excluding hydrogens is 394 g/mol. The summed E-state index contributed by atoms with van der Waals surface area (Å²) >= 11 is 2.69. The normalized spacial score (nSPS) is 19.1. The molecule has 0 unspecified atom stereocenters. The molecule has 3 rings (SSSR count). The molecule has 1 aliphatic rings. The van der Waals surface area contributed by atoms with Gasteiger partial charge in [0.05, 0.1) is 22.6 Å². The van der Waals surface area contributed by atoms with Gasteiger partial charge in [-0.15, -0.1) is 11.3 Å². The number of aromatic nitrogens is 2. The van der Waals surface area contributed by atoms with Crippen molar-refractivity contribution in [2.45, 2.75) is 44.9 Å². The van der Waals surface area contributed by atoms with Crippen molar-refractivity contribution >= 4 is 49.1 Å². The minimum Gasteiger partial charge on any atom is -0.352 e. The van der Waals surface area contributed by atoms with Gasteiger partial charge in [-0.1, -0.05) is 11.8 Å². The molecule has 0 saturated carbocycles. The maximum absolute atomic E-state index is 12.8. The zero-order chi connectivity index (χ0) is 19.1. The van der Waals surface area contributed by atoms with Crippen molar-refractivity contribution in [2.75, 3.05) is 17.3 Å². The highest BCUT2D eigenvalue weighted by molar-refractivity contribution is 7.99. The number of hydrogen-bond acceptors (Lipinski definition) is 7. The largest absolute Gasteiger partial charge is 0.352 e. The second-order valence-corrected chi connectivity index (χ2v) is 10.7. The zero-order valence-electron chi connectivity index (χ0n) is 14.9. The topological polar surface area (TPSA) is 98.1 Å². The first kappa shape index (κ1) is 19.4. The number of aryl methyl sites for hydroxylation is 2. The van der Waals surface area contributed by atoms with E-state index in [4.69, 9.17) is 0 Å². The highest BCUT2D eigenvalue weighted by Crippen LogP contribution is 2.28. The van der Waals surface area contributed by atoms with Crippen molar-refractivity contribution in [3.05, 3.63) is 20.8 Å². The molecule has 2 aromatic rings. The molecule has 142 valence electrons. The van der Waals surface area contributed by atoms with Crippen LogP contribution in [0.15, 0.2) is 9.95 Å². The van der Waals surface area contributed by atoms with Crippen molar-refractivity contribution in [1.29, 1.82) is 0 Å². The quantitative estimate of drug-likeness (QED) is 0.587. The number of carbonyl (C=O) groups is 1. The molecule has 10 heteroatoms. The lowest BCUT2D eigenvalue weighted by Gasteiger charge is -2.12. The number of nitrogens with one attached hydrogen (secondary N) is 1. The van der Waals surface area contributed by atoms with Crippen LogP contribution in [0, 0.1) is 13.8 Å². The van der Waals surface area contributed by atoms with Crippen LogP contribution >= 0.6 is 23.1 Å². The number of hydrogen-bond donors (Lipinski definition) is 1. The van der Waals surface area contributed by atoms with Crippen LogP contribution in [0.2, 0.25) is 0 Å². The molecule has 0 radical (unpaired) electrons. The molecule has 1 amide bonds. The van der Waals surface area contributed by atoms with Crippen LogP contribution in [0.5, 0.6) is 0 Å². The summed E-state index contributed by atoms with van der Waals surface area (Å²) in [5.74, 6) is -0.0260. The smallest absolute Gasteiger partial charge is 0.263 e. The van der Waals surface area contributed by atoms with Gasteiger partial charge in [0.1, 0.15) is 4.83 Å². The number of fused-ring (bicyclic) bond motifs is 1. The fourth-order valence-electron chi connectivity index (χ4n) is 3.01. The summed E-state index contributed by atoms with van der Waals surface area (Å²) in [5, 5.41) is 3.92. The molecule has 1 saturated heterocycles. The summed E-state index contributed by atoms with van der Waals surface area (Å²) in [6.45, 7) is 6.23. The van der Waals surface area contributed by atoms with Gasteiger partial charge >= 0.3 is 0 Å². The lowest BCUT2D eigenvalue weighted by molar-refractivity contribution is -0.119. The number of sulfone groups is 1. The van der Waals surface area contributed by atoms with E-state index >= 15 is 0 Å². The summed E-state index contributed by atoms with van der Waals surface area (Å²) < 4.78 is 24.5. The van der Waals surface area contributed by atoms with Crippen LogP contribution in [0.3, 0.4) is 0 Å². The number of nitrogens with zero attached hydrogens (tertiary/aromatic N) is 2. The third-order valence-corrected chi connectivity index (χ3v) is 8.35. The Morgan fingerprint density at radius 1 is 1.42 bits per heavy atom. The van der Waals surface area contributed by atoms with E-state index < -0.39 is 9.84 Å². The SMILES string of the molecule is CCn1c(SCC(=O)N[C@H]2CCS(=O)(=O)C2)nc2sc(C)c(C)c2c1=O. The van der Waals surface area contributed by atoms with Crippen molar-refractivity contribution in [2.24, 2.45) is 0 Å². The second kappa shape index (κ2) is 7.32. The van der Waals surface area contributed by atoms with E-state index in [2.05, 4.69) is 10.3 Å². The fourth-order valence-corrected chi connectivity index (χ4v) is 6.62. The molecule has 0 bridgehead atoms. The molecule has 0 aliphatic carbocycles. The van der Waals surface area contributed by atoms with Gasteiger partial charge in [0, 0.05) is 17.5 Å². The van der Waals surface area contributed by atoms with Gasteiger partial charge in [-0.2, -0.15) is 0 Å². The molecule has 1 fully saturated rings. The van der Waals surface area contributed by atoms with Gasteiger partial charge in [-0.3, -0.25) is 14.2 Å². The number of rotatable bonds is 5. The Kier molecular flexibility index (Phi) is 5.45. The molecule has 2 aromatic heterocycles. The Hall–Kier alpha value is -1.39. The number of thiophene rings is 1. The number of amides is 1. The monoisotopic (exact) mass is 415 g/mol. The van der Waals surface area contributed by atoms with Gasteiger partial charge in [0.25, 0.3) is 5.56 Å². The summed E-state index contributed by atoms with van der Waals surface area (Å²) in [7, 11) is -3.03. The van der Waals surface area contributed by atoms with E-state index in [1.54, 1.807) is 4.57 Å². The molecule has 1 N–H and O–H groups in total. The third-order valence-electron chi connectivity index (χ3n) is 4.50. The average Bonchev–Trinajstić information content (AvgIpc) is 3.04. The number of carbonyl (C=O) groups excluding carboxylic acids is 1. The Morgan fingerprint density at radius 3 is 2.77 bits per heavy atom. The predicted molar refractivity (Wildman–Crippen MR) is 105 cm³/mol. The minimum absolute atomic E-state index is 0.00102. The Balaban J connectivity index is 1.76. The molecule has 1 atom stereocenters. The first-order valence-corrected chi connectivity index (χ1v) is 12.0. The molecule has 3 heterocycles. The van der Waals surface area contributed by atoms with Gasteiger partial charge in [0.2, 0.25) is 5.91 Å². The maximum atomic E-state index is 12.8. The van der Waals surface area contributed by atoms with Gasteiger partial charge in [0.15, 0.2) is 15.0 Å². The van der Waals surface area contributed by atoms with E-state index in [9.17, 15) is 18.0 Å². The zero-order valence-corrected chi connectivity index (χ0v) is 17.3. The maximum Gasteiger partial charge on any atom is 0.263 e. The molecular formula is C16H21N3O4S3. The number of thioether (sulfide) groups is 1. The summed E-state index contributed by atoms with van der Waals surface area (Å²) in [6.07, 6.45) is 0.455. The first-order valence-electron chi connectivity index (χ1n) is 8.35. The van der Waals surface area contributed by atoms with Gasteiger partial charge in [-0.05, 0) is 32.8 Å². The van der Waals surface area contributed by atoms with Crippen LogP contribution in [-0.4, -0.2) is 47.2 Å². The fraction of sp³-hybridized carbons (Fsp3) is 0.562. The Bertz CT molecular complexity index is 1020. The lowest BCUT2D eigenvalue weighted by atomic mass is 10.2. The minimum atomic E-state index is -3.03. The van der Waals surface area contributed by atoms with E-state index in [0.29, 0.717) is 28.3 Å². The van der Waals surface area contributed by atoms with E-state index in [-0.39, 0.29) is 34.8 Å². The summed E-state index contributed by atoms with van der Waals surface area (Å²) in [6, 6.07) is -0.320. The highest BCUT2D eigenvalue weighted by Gasteiger charge is 2.29.